The van der Waals surface area contributed by atoms with E-state index >= 15 is 0 Å². The largest absolute Gasteiger partial charge is 0.383 e. The summed E-state index contributed by atoms with van der Waals surface area (Å²) in [6.45, 7) is 6.76. The zero-order valence-electron chi connectivity index (χ0n) is 12.7. The molecule has 0 amide bonds. The number of hydrogen-bond acceptors (Lipinski definition) is 4. The Hall–Kier alpha value is -0.620. The van der Waals surface area contributed by atoms with Crippen LogP contribution in [0.4, 0.5) is 0 Å². The number of aryl methyl sites for hydroxylation is 2. The fourth-order valence-electron chi connectivity index (χ4n) is 2.83. The highest BCUT2D eigenvalue weighted by Crippen LogP contribution is 2.25. The van der Waals surface area contributed by atoms with Gasteiger partial charge in [0.15, 0.2) is 0 Å². The van der Waals surface area contributed by atoms with Crippen molar-refractivity contribution in [3.05, 3.63) is 16.4 Å². The summed E-state index contributed by atoms with van der Waals surface area (Å²) in [5.74, 6) is 0. The average Bonchev–Trinajstić information content (AvgIpc) is 2.95. The average molecular weight is 301 g/mol. The molecule has 20 heavy (non-hydrogen) atoms. The number of halogens is 1. The van der Waals surface area contributed by atoms with Gasteiger partial charge < -0.3 is 10.1 Å². The lowest BCUT2D eigenvalue weighted by Crippen LogP contribution is -2.38. The van der Waals surface area contributed by atoms with Crippen molar-refractivity contribution in [3.8, 4) is 0 Å². The molecule has 0 aliphatic carbocycles. The SMILES string of the molecule is COCCNCC1CCCN1Cc1c(C)nn(C)c1Cl. The van der Waals surface area contributed by atoms with Crippen molar-refractivity contribution < 1.29 is 4.74 Å². The first-order valence-electron chi connectivity index (χ1n) is 7.25. The molecule has 1 N–H and O–H groups in total. The predicted octanol–water partition coefficient (Wildman–Crippen LogP) is 1.58. The molecule has 0 bridgehead atoms. The van der Waals surface area contributed by atoms with Crippen LogP contribution in [-0.4, -0.2) is 54.1 Å². The molecule has 2 heterocycles. The maximum Gasteiger partial charge on any atom is 0.131 e. The van der Waals surface area contributed by atoms with Gasteiger partial charge >= 0.3 is 0 Å². The summed E-state index contributed by atoms with van der Waals surface area (Å²) in [7, 11) is 3.63. The lowest BCUT2D eigenvalue weighted by atomic mass is 10.2. The summed E-state index contributed by atoms with van der Waals surface area (Å²) in [6, 6.07) is 0.586. The summed E-state index contributed by atoms with van der Waals surface area (Å²) in [5, 5.41) is 8.61. The van der Waals surface area contributed by atoms with E-state index in [0.29, 0.717) is 6.04 Å². The second-order valence-corrected chi connectivity index (χ2v) is 5.80. The second-order valence-electron chi connectivity index (χ2n) is 5.44. The first-order valence-corrected chi connectivity index (χ1v) is 7.63. The molecule has 2 rings (SSSR count). The van der Waals surface area contributed by atoms with Gasteiger partial charge in [-0.05, 0) is 26.3 Å². The van der Waals surface area contributed by atoms with Crippen LogP contribution in [-0.2, 0) is 18.3 Å². The van der Waals surface area contributed by atoms with Gasteiger partial charge in [-0.1, -0.05) is 11.6 Å². The van der Waals surface area contributed by atoms with E-state index in [9.17, 15) is 0 Å². The molecule has 1 aromatic rings. The van der Waals surface area contributed by atoms with Gasteiger partial charge in [-0.15, -0.1) is 0 Å². The van der Waals surface area contributed by atoms with Gasteiger partial charge in [-0.2, -0.15) is 5.10 Å². The van der Waals surface area contributed by atoms with E-state index in [-0.39, 0.29) is 0 Å². The molecule has 1 fully saturated rings. The van der Waals surface area contributed by atoms with E-state index in [1.165, 1.54) is 12.8 Å². The number of ether oxygens (including phenoxy) is 1. The minimum atomic E-state index is 0.586. The third-order valence-electron chi connectivity index (χ3n) is 3.99. The Morgan fingerprint density at radius 1 is 1.50 bits per heavy atom. The summed E-state index contributed by atoms with van der Waals surface area (Å²) >= 11 is 6.33. The predicted molar refractivity (Wildman–Crippen MR) is 81.1 cm³/mol. The topological polar surface area (TPSA) is 42.3 Å². The molecule has 1 atom stereocenters. The Morgan fingerprint density at radius 3 is 2.95 bits per heavy atom. The number of aromatic nitrogens is 2. The van der Waals surface area contributed by atoms with Crippen molar-refractivity contribution >= 4 is 11.6 Å². The molecule has 5 nitrogen and oxygen atoms in total. The highest BCUT2D eigenvalue weighted by molar-refractivity contribution is 6.30. The van der Waals surface area contributed by atoms with Crippen LogP contribution in [0.25, 0.3) is 0 Å². The summed E-state index contributed by atoms with van der Waals surface area (Å²) in [6.07, 6.45) is 2.50. The third kappa shape index (κ3) is 3.73. The molecule has 1 unspecified atom stereocenters. The Kier molecular flexibility index (Phi) is 5.84. The highest BCUT2D eigenvalue weighted by Gasteiger charge is 2.26. The van der Waals surface area contributed by atoms with Crippen LogP contribution in [0.5, 0.6) is 0 Å². The fourth-order valence-corrected chi connectivity index (χ4v) is 3.07. The zero-order chi connectivity index (χ0) is 14.5. The van der Waals surface area contributed by atoms with Crippen LogP contribution in [0.2, 0.25) is 5.15 Å². The number of rotatable bonds is 7. The van der Waals surface area contributed by atoms with Crippen molar-refractivity contribution in [3.63, 3.8) is 0 Å². The van der Waals surface area contributed by atoms with E-state index in [1.807, 2.05) is 14.0 Å². The molecule has 1 aromatic heterocycles. The molecule has 1 aliphatic rings. The van der Waals surface area contributed by atoms with Crippen LogP contribution in [0.3, 0.4) is 0 Å². The smallest absolute Gasteiger partial charge is 0.131 e. The van der Waals surface area contributed by atoms with E-state index in [0.717, 1.165) is 49.2 Å². The Morgan fingerprint density at radius 2 is 2.30 bits per heavy atom. The maximum atomic E-state index is 6.33. The van der Waals surface area contributed by atoms with Crippen LogP contribution >= 0.6 is 11.6 Å². The van der Waals surface area contributed by atoms with Crippen molar-refractivity contribution in [2.24, 2.45) is 7.05 Å². The molecule has 1 aliphatic heterocycles. The molecule has 114 valence electrons. The molecule has 0 aromatic carbocycles. The van der Waals surface area contributed by atoms with Crippen molar-refractivity contribution in [1.82, 2.24) is 20.0 Å². The van der Waals surface area contributed by atoms with E-state index in [2.05, 4.69) is 15.3 Å². The summed E-state index contributed by atoms with van der Waals surface area (Å²) in [5.41, 5.74) is 2.20. The minimum Gasteiger partial charge on any atom is -0.383 e. The van der Waals surface area contributed by atoms with E-state index < -0.39 is 0 Å². The number of nitrogens with one attached hydrogen (secondary N) is 1. The number of methoxy groups -OCH3 is 1. The van der Waals surface area contributed by atoms with Crippen molar-refractivity contribution in [1.29, 1.82) is 0 Å². The maximum absolute atomic E-state index is 6.33. The quantitative estimate of drug-likeness (QED) is 0.777. The van der Waals surface area contributed by atoms with Crippen LogP contribution in [0, 0.1) is 6.92 Å². The molecule has 0 radical (unpaired) electrons. The number of hydrogen-bond donors (Lipinski definition) is 1. The monoisotopic (exact) mass is 300 g/mol. The summed E-state index contributed by atoms with van der Waals surface area (Å²) < 4.78 is 6.82. The first kappa shape index (κ1) is 15.8. The Labute approximate surface area is 126 Å². The third-order valence-corrected chi connectivity index (χ3v) is 4.47. The highest BCUT2D eigenvalue weighted by atomic mass is 35.5. The Balaban J connectivity index is 1.90. The van der Waals surface area contributed by atoms with Gasteiger partial charge in [-0.25, -0.2) is 0 Å². The zero-order valence-corrected chi connectivity index (χ0v) is 13.4. The fraction of sp³-hybridized carbons (Fsp3) is 0.786. The van der Waals surface area contributed by atoms with Gasteiger partial charge in [0.1, 0.15) is 5.15 Å². The molecule has 0 saturated carbocycles. The lowest BCUT2D eigenvalue weighted by molar-refractivity contribution is 0.191. The molecular weight excluding hydrogens is 276 g/mol. The normalized spacial score (nSPS) is 19.9. The van der Waals surface area contributed by atoms with Gasteiger partial charge in [0.05, 0.1) is 12.3 Å². The molecule has 1 saturated heterocycles. The van der Waals surface area contributed by atoms with Crippen molar-refractivity contribution in [2.75, 3.05) is 33.4 Å². The van der Waals surface area contributed by atoms with Crippen LogP contribution in [0.15, 0.2) is 0 Å². The van der Waals surface area contributed by atoms with Crippen molar-refractivity contribution in [2.45, 2.75) is 32.4 Å². The standard InChI is InChI=1S/C14H25ClN4O/c1-11-13(14(15)18(2)17-11)10-19-7-4-5-12(19)9-16-6-8-20-3/h12,16H,4-10H2,1-3H3. The van der Waals surface area contributed by atoms with Crippen LogP contribution in [0.1, 0.15) is 24.1 Å². The lowest BCUT2D eigenvalue weighted by Gasteiger charge is -2.24. The second kappa shape index (κ2) is 7.41. The van der Waals surface area contributed by atoms with Gasteiger partial charge in [0.25, 0.3) is 0 Å². The number of nitrogens with zero attached hydrogens (tertiary/aromatic N) is 3. The van der Waals surface area contributed by atoms with Gasteiger partial charge in [0.2, 0.25) is 0 Å². The van der Waals surface area contributed by atoms with Gasteiger partial charge in [0, 0.05) is 45.4 Å². The summed E-state index contributed by atoms with van der Waals surface area (Å²) in [4.78, 5) is 2.51. The Bertz CT molecular complexity index is 435. The minimum absolute atomic E-state index is 0.586. The molecule has 0 spiro atoms. The molecular formula is C14H25ClN4O. The first-order chi connectivity index (χ1) is 9.63. The number of likely N-dealkylation sites (tertiary alicyclic amines) is 1. The van der Waals surface area contributed by atoms with E-state index in [1.54, 1.807) is 11.8 Å². The van der Waals surface area contributed by atoms with Gasteiger partial charge in [-0.3, -0.25) is 9.58 Å². The van der Waals surface area contributed by atoms with Crippen LogP contribution < -0.4 is 5.32 Å². The molecule has 6 heteroatoms. The van der Waals surface area contributed by atoms with E-state index in [4.69, 9.17) is 16.3 Å².